The van der Waals surface area contributed by atoms with E-state index in [-0.39, 0.29) is 5.60 Å². The number of aliphatic carboxylic acids is 1. The zero-order chi connectivity index (χ0) is 14.5. The predicted octanol–water partition coefficient (Wildman–Crippen LogP) is 2.90. The normalized spacial score (nSPS) is 13.1. The second kappa shape index (κ2) is 6.57. The molecule has 0 spiro atoms. The molecular formula is C15H22O4. The van der Waals surface area contributed by atoms with Crippen molar-refractivity contribution >= 4 is 5.97 Å². The van der Waals surface area contributed by atoms with E-state index in [1.807, 2.05) is 45.0 Å². The Morgan fingerprint density at radius 3 is 2.26 bits per heavy atom. The molecule has 19 heavy (non-hydrogen) atoms. The molecule has 0 saturated heterocycles. The zero-order valence-electron chi connectivity index (χ0n) is 12.0. The summed E-state index contributed by atoms with van der Waals surface area (Å²) >= 11 is 0. The fourth-order valence-corrected chi connectivity index (χ4v) is 1.68. The van der Waals surface area contributed by atoms with E-state index in [9.17, 15) is 4.79 Å². The molecule has 0 fully saturated rings. The highest BCUT2D eigenvalue weighted by Gasteiger charge is 2.18. The molecule has 106 valence electrons. The van der Waals surface area contributed by atoms with Gasteiger partial charge in [0, 0.05) is 13.0 Å². The molecule has 0 radical (unpaired) electrons. The molecule has 0 amide bonds. The van der Waals surface area contributed by atoms with Gasteiger partial charge in [0.05, 0.1) is 0 Å². The van der Waals surface area contributed by atoms with Crippen LogP contribution < -0.4 is 4.74 Å². The minimum absolute atomic E-state index is 0.240. The monoisotopic (exact) mass is 266 g/mol. The van der Waals surface area contributed by atoms with E-state index in [0.717, 1.165) is 11.3 Å². The van der Waals surface area contributed by atoms with Crippen LogP contribution in [0.4, 0.5) is 0 Å². The maximum Gasteiger partial charge on any atom is 0.333 e. The van der Waals surface area contributed by atoms with E-state index in [0.29, 0.717) is 13.0 Å². The number of carbonyl (C=O) groups is 1. The van der Waals surface area contributed by atoms with Crippen LogP contribution in [0.2, 0.25) is 0 Å². The summed E-state index contributed by atoms with van der Waals surface area (Å²) in [5.41, 5.74) is 0.679. The molecule has 1 rings (SSSR count). The highest BCUT2D eigenvalue weighted by Crippen LogP contribution is 2.19. The topological polar surface area (TPSA) is 55.8 Å². The van der Waals surface area contributed by atoms with E-state index < -0.39 is 12.1 Å². The van der Waals surface area contributed by atoms with Gasteiger partial charge in [-0.05, 0) is 45.4 Å². The van der Waals surface area contributed by atoms with Crippen molar-refractivity contribution in [2.24, 2.45) is 0 Å². The average molecular weight is 266 g/mol. The third-order valence-electron chi connectivity index (χ3n) is 2.41. The maximum atomic E-state index is 11.0. The van der Waals surface area contributed by atoms with Crippen molar-refractivity contribution in [3.63, 3.8) is 0 Å². The highest BCUT2D eigenvalue weighted by atomic mass is 16.5. The van der Waals surface area contributed by atoms with Gasteiger partial charge in [0.1, 0.15) is 11.4 Å². The van der Waals surface area contributed by atoms with E-state index in [2.05, 4.69) is 0 Å². The second-order valence-electron chi connectivity index (χ2n) is 5.34. The molecule has 1 unspecified atom stereocenters. The lowest BCUT2D eigenvalue weighted by Gasteiger charge is -2.21. The lowest BCUT2D eigenvalue weighted by molar-refractivity contribution is -0.149. The van der Waals surface area contributed by atoms with Crippen LogP contribution in [-0.2, 0) is 16.0 Å². The molecule has 0 aliphatic rings. The summed E-state index contributed by atoms with van der Waals surface area (Å²) in [4.78, 5) is 11.0. The van der Waals surface area contributed by atoms with Crippen molar-refractivity contribution in [2.45, 2.75) is 45.8 Å². The Balaban J connectivity index is 2.68. The van der Waals surface area contributed by atoms with Crippen molar-refractivity contribution in [1.82, 2.24) is 0 Å². The lowest BCUT2D eigenvalue weighted by atomic mass is 10.1. The van der Waals surface area contributed by atoms with Crippen LogP contribution in [0.25, 0.3) is 0 Å². The van der Waals surface area contributed by atoms with Crippen LogP contribution in [0.15, 0.2) is 24.3 Å². The van der Waals surface area contributed by atoms with Gasteiger partial charge in [0.2, 0.25) is 0 Å². The molecule has 1 atom stereocenters. The van der Waals surface area contributed by atoms with Crippen LogP contribution >= 0.6 is 0 Å². The van der Waals surface area contributed by atoms with Gasteiger partial charge in [-0.2, -0.15) is 0 Å². The molecule has 0 aromatic heterocycles. The first-order valence-corrected chi connectivity index (χ1v) is 6.44. The number of hydrogen-bond donors (Lipinski definition) is 1. The van der Waals surface area contributed by atoms with Gasteiger partial charge in [0.25, 0.3) is 0 Å². The zero-order valence-corrected chi connectivity index (χ0v) is 12.0. The van der Waals surface area contributed by atoms with Crippen molar-refractivity contribution in [3.05, 3.63) is 29.8 Å². The number of hydrogen-bond acceptors (Lipinski definition) is 3. The molecule has 0 heterocycles. The van der Waals surface area contributed by atoms with Gasteiger partial charge in [-0.1, -0.05) is 12.1 Å². The maximum absolute atomic E-state index is 11.0. The predicted molar refractivity (Wildman–Crippen MR) is 73.6 cm³/mol. The van der Waals surface area contributed by atoms with Crippen LogP contribution in [0.5, 0.6) is 5.75 Å². The van der Waals surface area contributed by atoms with Crippen LogP contribution in [0.3, 0.4) is 0 Å². The molecule has 0 aliphatic heterocycles. The van der Waals surface area contributed by atoms with Gasteiger partial charge in [-0.15, -0.1) is 0 Å². The molecule has 4 heteroatoms. The van der Waals surface area contributed by atoms with Crippen molar-refractivity contribution < 1.29 is 19.4 Å². The molecule has 1 aromatic rings. The van der Waals surface area contributed by atoms with Crippen LogP contribution in [0.1, 0.15) is 33.3 Å². The first-order valence-electron chi connectivity index (χ1n) is 6.44. The average Bonchev–Trinajstić information content (AvgIpc) is 2.29. The van der Waals surface area contributed by atoms with Crippen molar-refractivity contribution in [1.29, 1.82) is 0 Å². The molecular weight excluding hydrogens is 244 g/mol. The van der Waals surface area contributed by atoms with E-state index in [1.165, 1.54) is 0 Å². The highest BCUT2D eigenvalue weighted by molar-refractivity contribution is 5.72. The minimum Gasteiger partial charge on any atom is -0.488 e. The first kappa shape index (κ1) is 15.5. The Hall–Kier alpha value is -1.55. The number of rotatable bonds is 6. The fourth-order valence-electron chi connectivity index (χ4n) is 1.68. The molecule has 0 saturated carbocycles. The summed E-state index contributed by atoms with van der Waals surface area (Å²) in [6.07, 6.45) is -0.432. The molecule has 0 bridgehead atoms. The van der Waals surface area contributed by atoms with Gasteiger partial charge < -0.3 is 14.6 Å². The summed E-state index contributed by atoms with van der Waals surface area (Å²) in [6, 6.07) is 7.45. The number of carboxylic acids is 1. The third-order valence-corrected chi connectivity index (χ3v) is 2.41. The fraction of sp³-hybridized carbons (Fsp3) is 0.533. The van der Waals surface area contributed by atoms with E-state index in [4.69, 9.17) is 14.6 Å². The van der Waals surface area contributed by atoms with Gasteiger partial charge in [-0.3, -0.25) is 0 Å². The summed E-state index contributed by atoms with van der Waals surface area (Å²) in [5.74, 6) is -0.156. The summed E-state index contributed by atoms with van der Waals surface area (Å²) in [5, 5.41) is 9.02. The Morgan fingerprint density at radius 2 is 1.84 bits per heavy atom. The quantitative estimate of drug-likeness (QED) is 0.860. The SMILES string of the molecule is CCOC(Cc1ccc(OC(C)(C)C)cc1)C(=O)O. The van der Waals surface area contributed by atoms with Crippen LogP contribution in [0, 0.1) is 0 Å². The largest absolute Gasteiger partial charge is 0.488 e. The minimum atomic E-state index is -0.933. The Labute approximate surface area is 114 Å². The number of ether oxygens (including phenoxy) is 2. The summed E-state index contributed by atoms with van der Waals surface area (Å²) in [7, 11) is 0. The second-order valence-corrected chi connectivity index (χ2v) is 5.34. The van der Waals surface area contributed by atoms with Gasteiger partial charge in [0.15, 0.2) is 6.10 Å². The lowest BCUT2D eigenvalue weighted by Crippen LogP contribution is -2.26. The van der Waals surface area contributed by atoms with Gasteiger partial charge >= 0.3 is 5.97 Å². The van der Waals surface area contributed by atoms with Crippen molar-refractivity contribution in [2.75, 3.05) is 6.61 Å². The molecule has 1 N–H and O–H groups in total. The van der Waals surface area contributed by atoms with Gasteiger partial charge in [-0.25, -0.2) is 4.79 Å². The smallest absolute Gasteiger partial charge is 0.333 e. The Kier molecular flexibility index (Phi) is 5.36. The number of carboxylic acid groups (broad SMARTS) is 1. The Bertz CT molecular complexity index is 403. The van der Waals surface area contributed by atoms with Crippen molar-refractivity contribution in [3.8, 4) is 5.75 Å². The molecule has 1 aromatic carbocycles. The van der Waals surface area contributed by atoms with Crippen LogP contribution in [-0.4, -0.2) is 29.4 Å². The van der Waals surface area contributed by atoms with E-state index >= 15 is 0 Å². The number of benzene rings is 1. The molecule has 4 nitrogen and oxygen atoms in total. The van der Waals surface area contributed by atoms with E-state index in [1.54, 1.807) is 6.92 Å². The first-order chi connectivity index (χ1) is 8.81. The summed E-state index contributed by atoms with van der Waals surface area (Å²) < 4.78 is 10.9. The third kappa shape index (κ3) is 5.75. The summed E-state index contributed by atoms with van der Waals surface area (Å²) in [6.45, 7) is 8.13. The molecule has 0 aliphatic carbocycles. The Morgan fingerprint density at radius 1 is 1.26 bits per heavy atom. The standard InChI is InChI=1S/C15H22O4/c1-5-18-13(14(16)17)10-11-6-8-12(9-7-11)19-15(2,3)4/h6-9,13H,5,10H2,1-4H3,(H,16,17).